The SMILES string of the molecule is NCC(=O)CCCc1ccc(Br)cc1. The van der Waals surface area contributed by atoms with Gasteiger partial charge < -0.3 is 5.73 Å². The first kappa shape index (κ1) is 11.4. The molecule has 0 heterocycles. The van der Waals surface area contributed by atoms with Crippen LogP contribution in [0.2, 0.25) is 0 Å². The Balaban J connectivity index is 2.31. The highest BCUT2D eigenvalue weighted by atomic mass is 79.9. The third kappa shape index (κ3) is 4.03. The molecule has 1 aromatic carbocycles. The predicted octanol–water partition coefficient (Wildman–Crippen LogP) is 2.30. The number of hydrogen-bond acceptors (Lipinski definition) is 2. The molecule has 0 amide bonds. The molecule has 0 aliphatic heterocycles. The van der Waals surface area contributed by atoms with Gasteiger partial charge in [0, 0.05) is 10.9 Å². The van der Waals surface area contributed by atoms with Crippen molar-refractivity contribution in [2.75, 3.05) is 6.54 Å². The van der Waals surface area contributed by atoms with Crippen LogP contribution in [0.15, 0.2) is 28.7 Å². The molecule has 0 saturated heterocycles. The lowest BCUT2D eigenvalue weighted by molar-refractivity contribution is -0.117. The fourth-order valence-electron chi connectivity index (χ4n) is 1.24. The Bertz CT molecular complexity index is 295. The van der Waals surface area contributed by atoms with Crippen molar-refractivity contribution in [2.24, 2.45) is 5.73 Å². The second-order valence-electron chi connectivity index (χ2n) is 3.22. The van der Waals surface area contributed by atoms with Crippen molar-refractivity contribution < 1.29 is 4.79 Å². The van der Waals surface area contributed by atoms with Crippen molar-refractivity contribution in [2.45, 2.75) is 19.3 Å². The van der Waals surface area contributed by atoms with Crippen molar-refractivity contribution in [1.82, 2.24) is 0 Å². The summed E-state index contributed by atoms with van der Waals surface area (Å²) in [6.07, 6.45) is 2.42. The maximum absolute atomic E-state index is 10.9. The van der Waals surface area contributed by atoms with Crippen LogP contribution in [0.4, 0.5) is 0 Å². The topological polar surface area (TPSA) is 43.1 Å². The number of carbonyl (C=O) groups is 1. The number of halogens is 1. The summed E-state index contributed by atoms with van der Waals surface area (Å²) in [5.74, 6) is 0.141. The van der Waals surface area contributed by atoms with Crippen LogP contribution in [-0.4, -0.2) is 12.3 Å². The van der Waals surface area contributed by atoms with E-state index in [-0.39, 0.29) is 12.3 Å². The fraction of sp³-hybridized carbons (Fsp3) is 0.364. The zero-order chi connectivity index (χ0) is 10.4. The van der Waals surface area contributed by atoms with Crippen LogP contribution >= 0.6 is 15.9 Å². The van der Waals surface area contributed by atoms with E-state index >= 15 is 0 Å². The third-order valence-corrected chi connectivity index (χ3v) is 2.59. The van der Waals surface area contributed by atoms with Gasteiger partial charge in [-0.1, -0.05) is 28.1 Å². The monoisotopic (exact) mass is 255 g/mol. The minimum atomic E-state index is 0.141. The van der Waals surface area contributed by atoms with Gasteiger partial charge in [0.05, 0.1) is 6.54 Å². The Morgan fingerprint density at radius 3 is 2.50 bits per heavy atom. The van der Waals surface area contributed by atoms with E-state index in [0.717, 1.165) is 17.3 Å². The van der Waals surface area contributed by atoms with Gasteiger partial charge in [-0.15, -0.1) is 0 Å². The second kappa shape index (κ2) is 5.94. The van der Waals surface area contributed by atoms with Gasteiger partial charge in [0.1, 0.15) is 5.78 Å². The Labute approximate surface area is 92.6 Å². The smallest absolute Gasteiger partial charge is 0.146 e. The average molecular weight is 256 g/mol. The average Bonchev–Trinajstić information content (AvgIpc) is 2.21. The lowest BCUT2D eigenvalue weighted by atomic mass is 10.1. The molecule has 0 fully saturated rings. The minimum absolute atomic E-state index is 0.141. The number of nitrogens with two attached hydrogens (primary N) is 1. The number of carbonyl (C=O) groups excluding carboxylic acids is 1. The highest BCUT2D eigenvalue weighted by Gasteiger charge is 1.99. The molecule has 76 valence electrons. The van der Waals surface area contributed by atoms with E-state index in [0.29, 0.717) is 6.42 Å². The van der Waals surface area contributed by atoms with E-state index < -0.39 is 0 Å². The van der Waals surface area contributed by atoms with E-state index in [9.17, 15) is 4.79 Å². The van der Waals surface area contributed by atoms with Crippen LogP contribution in [0, 0.1) is 0 Å². The van der Waals surface area contributed by atoms with Gasteiger partial charge in [-0.3, -0.25) is 4.79 Å². The molecular formula is C11H14BrNO. The van der Waals surface area contributed by atoms with Crippen LogP contribution < -0.4 is 5.73 Å². The largest absolute Gasteiger partial charge is 0.324 e. The summed E-state index contributed by atoms with van der Waals surface area (Å²) in [7, 11) is 0. The Morgan fingerprint density at radius 2 is 1.93 bits per heavy atom. The van der Waals surface area contributed by atoms with Gasteiger partial charge in [0.25, 0.3) is 0 Å². The van der Waals surface area contributed by atoms with Crippen molar-refractivity contribution in [3.63, 3.8) is 0 Å². The zero-order valence-corrected chi connectivity index (χ0v) is 9.59. The predicted molar refractivity (Wildman–Crippen MR) is 61.1 cm³/mol. The molecule has 0 atom stereocenters. The number of hydrogen-bond donors (Lipinski definition) is 1. The van der Waals surface area contributed by atoms with Gasteiger partial charge >= 0.3 is 0 Å². The summed E-state index contributed by atoms with van der Waals surface area (Å²) in [5, 5.41) is 0. The molecule has 0 aromatic heterocycles. The highest BCUT2D eigenvalue weighted by molar-refractivity contribution is 9.10. The van der Waals surface area contributed by atoms with Crippen molar-refractivity contribution >= 4 is 21.7 Å². The van der Waals surface area contributed by atoms with Gasteiger partial charge in [0.15, 0.2) is 0 Å². The van der Waals surface area contributed by atoms with E-state index in [4.69, 9.17) is 5.73 Å². The molecule has 1 aromatic rings. The molecule has 2 N–H and O–H groups in total. The quantitative estimate of drug-likeness (QED) is 0.878. The molecule has 3 heteroatoms. The van der Waals surface area contributed by atoms with Crippen molar-refractivity contribution in [1.29, 1.82) is 0 Å². The molecule has 2 nitrogen and oxygen atoms in total. The second-order valence-corrected chi connectivity index (χ2v) is 4.14. The molecule has 0 aliphatic carbocycles. The van der Waals surface area contributed by atoms with Gasteiger partial charge in [-0.25, -0.2) is 0 Å². The van der Waals surface area contributed by atoms with Crippen molar-refractivity contribution in [3.05, 3.63) is 34.3 Å². The number of aryl methyl sites for hydroxylation is 1. The highest BCUT2D eigenvalue weighted by Crippen LogP contribution is 2.12. The normalized spacial score (nSPS) is 10.1. The molecule has 0 saturated carbocycles. The number of ketones is 1. The van der Waals surface area contributed by atoms with E-state index in [1.54, 1.807) is 0 Å². The van der Waals surface area contributed by atoms with Crippen LogP contribution in [-0.2, 0) is 11.2 Å². The Kier molecular flexibility index (Phi) is 4.84. The fourth-order valence-corrected chi connectivity index (χ4v) is 1.51. The third-order valence-electron chi connectivity index (χ3n) is 2.06. The summed E-state index contributed by atoms with van der Waals surface area (Å²) in [4.78, 5) is 10.9. The molecule has 0 spiro atoms. The maximum atomic E-state index is 10.9. The molecule has 0 unspecified atom stereocenters. The first-order valence-electron chi connectivity index (χ1n) is 4.68. The van der Waals surface area contributed by atoms with Crippen LogP contribution in [0.1, 0.15) is 18.4 Å². The lowest BCUT2D eigenvalue weighted by Gasteiger charge is -2.00. The standard InChI is InChI=1S/C11H14BrNO/c12-10-6-4-9(5-7-10)2-1-3-11(14)8-13/h4-7H,1-3,8,13H2. The summed E-state index contributed by atoms with van der Waals surface area (Å²) in [6.45, 7) is 0.167. The van der Waals surface area contributed by atoms with Crippen LogP contribution in [0.3, 0.4) is 0 Å². The van der Waals surface area contributed by atoms with Crippen molar-refractivity contribution in [3.8, 4) is 0 Å². The Hall–Kier alpha value is -0.670. The van der Waals surface area contributed by atoms with E-state index in [1.807, 2.05) is 12.1 Å². The lowest BCUT2D eigenvalue weighted by Crippen LogP contribution is -2.12. The summed E-state index contributed by atoms with van der Waals surface area (Å²) < 4.78 is 1.08. The zero-order valence-electron chi connectivity index (χ0n) is 8.00. The first-order chi connectivity index (χ1) is 6.72. The number of benzene rings is 1. The molecular weight excluding hydrogens is 242 g/mol. The van der Waals surface area contributed by atoms with Gasteiger partial charge in [0.2, 0.25) is 0 Å². The van der Waals surface area contributed by atoms with Gasteiger partial charge in [-0.2, -0.15) is 0 Å². The van der Waals surface area contributed by atoms with E-state index in [1.165, 1.54) is 5.56 Å². The minimum Gasteiger partial charge on any atom is -0.324 e. The number of rotatable bonds is 5. The summed E-state index contributed by atoms with van der Waals surface area (Å²) >= 11 is 3.38. The van der Waals surface area contributed by atoms with Gasteiger partial charge in [-0.05, 0) is 30.5 Å². The molecule has 14 heavy (non-hydrogen) atoms. The van der Waals surface area contributed by atoms with Crippen LogP contribution in [0.25, 0.3) is 0 Å². The maximum Gasteiger partial charge on any atom is 0.146 e. The molecule has 0 radical (unpaired) electrons. The summed E-state index contributed by atoms with van der Waals surface area (Å²) in [5.41, 5.74) is 6.48. The number of Topliss-reactive ketones (excluding diaryl/α,β-unsaturated/α-hetero) is 1. The molecule has 0 aliphatic rings. The Morgan fingerprint density at radius 1 is 1.29 bits per heavy atom. The molecule has 0 bridgehead atoms. The van der Waals surface area contributed by atoms with Crippen LogP contribution in [0.5, 0.6) is 0 Å². The summed E-state index contributed by atoms with van der Waals surface area (Å²) in [6, 6.07) is 8.16. The first-order valence-corrected chi connectivity index (χ1v) is 5.48. The van der Waals surface area contributed by atoms with E-state index in [2.05, 4.69) is 28.1 Å². The molecule has 1 rings (SSSR count).